The molecule has 7 nitrogen and oxygen atoms in total. The molecule has 0 fully saturated rings. The molecule has 0 aliphatic carbocycles. The summed E-state index contributed by atoms with van der Waals surface area (Å²) >= 11 is 7.30. The van der Waals surface area contributed by atoms with Gasteiger partial charge in [-0.15, -0.1) is 10.2 Å². The van der Waals surface area contributed by atoms with Gasteiger partial charge in [0.25, 0.3) is 0 Å². The number of benzene rings is 2. The highest BCUT2D eigenvalue weighted by Crippen LogP contribution is 2.29. The van der Waals surface area contributed by atoms with Gasteiger partial charge in [-0.2, -0.15) is 0 Å². The third kappa shape index (κ3) is 5.41. The second-order valence-electron chi connectivity index (χ2n) is 6.63. The number of aromatic nitrogens is 3. The van der Waals surface area contributed by atoms with Crippen molar-refractivity contribution in [1.82, 2.24) is 14.8 Å². The van der Waals surface area contributed by atoms with E-state index in [1.165, 1.54) is 11.8 Å². The highest BCUT2D eigenvalue weighted by atomic mass is 35.5. The Labute approximate surface area is 184 Å². The normalized spacial score (nSPS) is 12.5. The van der Waals surface area contributed by atoms with E-state index in [0.717, 1.165) is 11.8 Å². The highest BCUT2D eigenvalue weighted by molar-refractivity contribution is 8.00. The summed E-state index contributed by atoms with van der Waals surface area (Å²) in [5.74, 6) is 0.636. The molecule has 10 heteroatoms. The lowest BCUT2D eigenvalue weighted by Gasteiger charge is -2.12. The Hall–Kier alpha value is -2.36. The lowest BCUT2D eigenvalue weighted by atomic mass is 10.1. The molecule has 1 N–H and O–H groups in total. The molecule has 0 saturated heterocycles. The van der Waals surface area contributed by atoms with Gasteiger partial charge in [-0.25, -0.2) is 8.42 Å². The summed E-state index contributed by atoms with van der Waals surface area (Å²) in [5.41, 5.74) is 1.80. The summed E-state index contributed by atoms with van der Waals surface area (Å²) in [6.45, 7) is 4.46. The molecule has 0 amide bonds. The summed E-state index contributed by atoms with van der Waals surface area (Å²) in [4.78, 5) is 12.8. The number of carbonyl (C=O) groups excluding carboxylic acids is 1. The first-order valence-corrected chi connectivity index (χ1v) is 12.3. The Morgan fingerprint density at radius 2 is 1.77 bits per heavy atom. The number of anilines is 1. The average Bonchev–Trinajstić information content (AvgIpc) is 3.09. The van der Waals surface area contributed by atoms with Gasteiger partial charge < -0.3 is 4.57 Å². The van der Waals surface area contributed by atoms with E-state index in [-0.39, 0.29) is 5.78 Å². The van der Waals surface area contributed by atoms with Gasteiger partial charge in [0, 0.05) is 28.4 Å². The summed E-state index contributed by atoms with van der Waals surface area (Å²) < 4.78 is 27.0. The molecule has 0 saturated carbocycles. The van der Waals surface area contributed by atoms with Crippen molar-refractivity contribution in [3.8, 4) is 11.4 Å². The number of Topliss-reactive ketones (excluding diaryl/α,β-unsaturated/α-hetero) is 1. The fourth-order valence-electron chi connectivity index (χ4n) is 2.84. The van der Waals surface area contributed by atoms with Crippen LogP contribution < -0.4 is 4.72 Å². The molecule has 3 rings (SSSR count). The maximum absolute atomic E-state index is 12.8. The lowest BCUT2D eigenvalue weighted by Crippen LogP contribution is -2.15. The molecule has 0 bridgehead atoms. The van der Waals surface area contributed by atoms with E-state index >= 15 is 0 Å². The molecule has 158 valence electrons. The Balaban J connectivity index is 1.76. The van der Waals surface area contributed by atoms with Crippen molar-refractivity contribution in [2.45, 2.75) is 30.8 Å². The standard InChI is InChI=1S/C20H21ClN4O3S2/c1-4-25-19(15-5-9-16(21)10-6-15)22-23-20(25)29-13(2)18(26)14-7-11-17(12-8-14)24-30(3,27)28/h5-13,24H,4H2,1-3H3. The number of nitrogens with zero attached hydrogens (tertiary/aromatic N) is 3. The van der Waals surface area contributed by atoms with Crippen LogP contribution in [0.4, 0.5) is 5.69 Å². The topological polar surface area (TPSA) is 94.0 Å². The van der Waals surface area contributed by atoms with E-state index in [1.54, 1.807) is 36.4 Å². The quantitative estimate of drug-likeness (QED) is 0.393. The largest absolute Gasteiger partial charge is 0.302 e. The van der Waals surface area contributed by atoms with Gasteiger partial charge in [0.2, 0.25) is 10.0 Å². The summed E-state index contributed by atoms with van der Waals surface area (Å²) in [6.07, 6.45) is 1.08. The van der Waals surface area contributed by atoms with Crippen molar-refractivity contribution in [2.75, 3.05) is 11.0 Å². The lowest BCUT2D eigenvalue weighted by molar-refractivity contribution is 0.0994. The number of rotatable bonds is 8. The van der Waals surface area contributed by atoms with Crippen LogP contribution in [0.5, 0.6) is 0 Å². The van der Waals surface area contributed by atoms with Crippen molar-refractivity contribution >= 4 is 44.9 Å². The maximum Gasteiger partial charge on any atom is 0.229 e. The van der Waals surface area contributed by atoms with Gasteiger partial charge >= 0.3 is 0 Å². The van der Waals surface area contributed by atoms with Crippen molar-refractivity contribution in [3.63, 3.8) is 0 Å². The van der Waals surface area contributed by atoms with Crippen molar-refractivity contribution < 1.29 is 13.2 Å². The Morgan fingerprint density at radius 1 is 1.13 bits per heavy atom. The van der Waals surface area contributed by atoms with Crippen molar-refractivity contribution in [2.24, 2.45) is 0 Å². The highest BCUT2D eigenvalue weighted by Gasteiger charge is 2.21. The molecule has 0 aliphatic heterocycles. The molecule has 1 heterocycles. The molecule has 1 aromatic heterocycles. The van der Waals surface area contributed by atoms with E-state index in [2.05, 4.69) is 14.9 Å². The number of nitrogens with one attached hydrogen (secondary N) is 1. The second-order valence-corrected chi connectivity index (χ2v) is 10.1. The zero-order chi connectivity index (χ0) is 21.9. The number of hydrogen-bond acceptors (Lipinski definition) is 6. The minimum atomic E-state index is -3.36. The van der Waals surface area contributed by atoms with Crippen LogP contribution in [0, 0.1) is 0 Å². The Morgan fingerprint density at radius 3 is 2.33 bits per heavy atom. The van der Waals surface area contributed by atoms with Gasteiger partial charge in [0.15, 0.2) is 16.8 Å². The van der Waals surface area contributed by atoms with Crippen molar-refractivity contribution in [1.29, 1.82) is 0 Å². The Bertz CT molecular complexity index is 1140. The van der Waals surface area contributed by atoms with Gasteiger partial charge in [0.1, 0.15) is 0 Å². The van der Waals surface area contributed by atoms with E-state index in [9.17, 15) is 13.2 Å². The fraction of sp³-hybridized carbons (Fsp3) is 0.250. The van der Waals surface area contributed by atoms with Gasteiger partial charge in [-0.3, -0.25) is 9.52 Å². The molecule has 0 spiro atoms. The Kier molecular flexibility index (Phi) is 6.84. The van der Waals surface area contributed by atoms with Gasteiger partial charge in [-0.05, 0) is 62.4 Å². The van der Waals surface area contributed by atoms with Crippen LogP contribution in [0.25, 0.3) is 11.4 Å². The van der Waals surface area contributed by atoms with Crippen LogP contribution in [-0.4, -0.2) is 40.5 Å². The smallest absolute Gasteiger partial charge is 0.229 e. The first-order chi connectivity index (χ1) is 14.2. The molecule has 30 heavy (non-hydrogen) atoms. The molecular formula is C20H21ClN4O3S2. The number of sulfonamides is 1. The van der Waals surface area contributed by atoms with Crippen LogP contribution >= 0.6 is 23.4 Å². The molecule has 1 unspecified atom stereocenters. The SMILES string of the molecule is CCn1c(SC(C)C(=O)c2ccc(NS(C)(=O)=O)cc2)nnc1-c1ccc(Cl)cc1. The van der Waals surface area contributed by atoms with Crippen LogP contribution in [0.2, 0.25) is 5.02 Å². The number of carbonyl (C=O) groups is 1. The van der Waals surface area contributed by atoms with Crippen LogP contribution in [-0.2, 0) is 16.6 Å². The summed E-state index contributed by atoms with van der Waals surface area (Å²) in [7, 11) is -3.36. The van der Waals surface area contributed by atoms with Gasteiger partial charge in [0.05, 0.1) is 11.5 Å². The minimum Gasteiger partial charge on any atom is -0.302 e. The van der Waals surface area contributed by atoms with E-state index in [0.29, 0.717) is 33.8 Å². The summed E-state index contributed by atoms with van der Waals surface area (Å²) in [6, 6.07) is 13.7. The third-order valence-corrected chi connectivity index (χ3v) is 6.20. The van der Waals surface area contributed by atoms with E-state index in [4.69, 9.17) is 11.6 Å². The fourth-order valence-corrected chi connectivity index (χ4v) is 4.52. The first-order valence-electron chi connectivity index (χ1n) is 9.16. The van der Waals surface area contributed by atoms with E-state index in [1.807, 2.05) is 30.5 Å². The zero-order valence-electron chi connectivity index (χ0n) is 16.7. The van der Waals surface area contributed by atoms with Crippen LogP contribution in [0.15, 0.2) is 53.7 Å². The second kappa shape index (κ2) is 9.20. The molecule has 1 atom stereocenters. The molecule has 0 aliphatic rings. The van der Waals surface area contributed by atoms with Crippen molar-refractivity contribution in [3.05, 3.63) is 59.1 Å². The minimum absolute atomic E-state index is 0.0791. The van der Waals surface area contributed by atoms with Gasteiger partial charge in [-0.1, -0.05) is 23.4 Å². The maximum atomic E-state index is 12.8. The molecular weight excluding hydrogens is 444 g/mol. The van der Waals surface area contributed by atoms with E-state index < -0.39 is 15.3 Å². The first kappa shape index (κ1) is 22.3. The van der Waals surface area contributed by atoms with Crippen LogP contribution in [0.1, 0.15) is 24.2 Å². The number of halogens is 1. The zero-order valence-corrected chi connectivity index (χ0v) is 19.1. The monoisotopic (exact) mass is 464 g/mol. The summed E-state index contributed by atoms with van der Waals surface area (Å²) in [5, 5.41) is 9.46. The average molecular weight is 465 g/mol. The number of ketones is 1. The third-order valence-electron chi connectivity index (χ3n) is 4.26. The molecule has 2 aromatic carbocycles. The molecule has 3 aromatic rings. The predicted octanol–water partition coefficient (Wildman–Crippen LogP) is 4.35. The predicted molar refractivity (Wildman–Crippen MR) is 121 cm³/mol. The van der Waals surface area contributed by atoms with Crippen LogP contribution in [0.3, 0.4) is 0 Å². The molecule has 0 radical (unpaired) electrons. The number of hydrogen-bond donors (Lipinski definition) is 1. The number of thioether (sulfide) groups is 1.